The molecule has 0 amide bonds. The smallest absolute Gasteiger partial charge is 0.228 e. The minimum absolute atomic E-state index is 0.236. The van der Waals surface area contributed by atoms with Gasteiger partial charge >= 0.3 is 0 Å². The van der Waals surface area contributed by atoms with Crippen molar-refractivity contribution in [3.05, 3.63) is 41.7 Å². The minimum atomic E-state index is 0.236. The van der Waals surface area contributed by atoms with E-state index in [1.165, 1.54) is 19.4 Å². The molecule has 6 nitrogen and oxygen atoms in total. The zero-order valence-corrected chi connectivity index (χ0v) is 10.1. The summed E-state index contributed by atoms with van der Waals surface area (Å²) >= 11 is 0. The second-order valence-electron chi connectivity index (χ2n) is 3.50. The van der Waals surface area contributed by atoms with Crippen LogP contribution >= 0.6 is 0 Å². The van der Waals surface area contributed by atoms with Gasteiger partial charge in [0, 0.05) is 6.20 Å². The molecule has 0 saturated carbocycles. The molecule has 0 bridgehead atoms. The monoisotopic (exact) mass is 251 g/mol. The van der Waals surface area contributed by atoms with E-state index in [1.807, 2.05) is 6.07 Å². The Kier molecular flexibility index (Phi) is 3.56. The number of para-hydroxylation sites is 1. The fraction of sp³-hybridized carbons (Fsp3) is 0.0769. The van der Waals surface area contributed by atoms with Crippen molar-refractivity contribution in [1.82, 2.24) is 9.97 Å². The molecule has 6 heteroatoms. The van der Waals surface area contributed by atoms with Crippen molar-refractivity contribution in [1.29, 1.82) is 10.5 Å². The lowest BCUT2D eigenvalue weighted by atomic mass is 10.2. The second kappa shape index (κ2) is 5.48. The molecule has 92 valence electrons. The number of rotatable bonds is 3. The van der Waals surface area contributed by atoms with Gasteiger partial charge in [0.05, 0.1) is 12.7 Å². The molecule has 0 radical (unpaired) electrons. The van der Waals surface area contributed by atoms with Gasteiger partial charge in [-0.2, -0.15) is 10.5 Å². The number of nitrogens with one attached hydrogen (secondary N) is 1. The van der Waals surface area contributed by atoms with Gasteiger partial charge in [0.15, 0.2) is 0 Å². The van der Waals surface area contributed by atoms with Crippen molar-refractivity contribution in [2.75, 3.05) is 12.4 Å². The molecule has 0 unspecified atom stereocenters. The molecular weight excluding hydrogens is 242 g/mol. The van der Waals surface area contributed by atoms with Crippen molar-refractivity contribution in [2.24, 2.45) is 0 Å². The molecule has 0 atom stereocenters. The highest BCUT2D eigenvalue weighted by molar-refractivity contribution is 5.70. The number of hydrogen-bond donors (Lipinski definition) is 1. The van der Waals surface area contributed by atoms with Gasteiger partial charge in [0.1, 0.15) is 29.3 Å². The van der Waals surface area contributed by atoms with Crippen molar-refractivity contribution in [3.8, 4) is 17.9 Å². The van der Waals surface area contributed by atoms with Crippen LogP contribution in [0.5, 0.6) is 5.75 Å². The molecule has 0 aliphatic rings. The third kappa shape index (κ3) is 2.59. The standard InChI is InChI=1S/C13H9N5O/c1-19-11-4-2-3-9(7-14)12(11)18-13-16-6-5-10(8-15)17-13/h2-6H,1H3,(H,16,17,18). The molecule has 2 aromatic rings. The lowest BCUT2D eigenvalue weighted by Crippen LogP contribution is -2.02. The van der Waals surface area contributed by atoms with E-state index in [9.17, 15) is 0 Å². The summed E-state index contributed by atoms with van der Waals surface area (Å²) in [5.41, 5.74) is 1.12. The number of aromatic nitrogens is 2. The summed E-state index contributed by atoms with van der Waals surface area (Å²) in [6.45, 7) is 0. The maximum atomic E-state index is 9.08. The molecule has 1 heterocycles. The molecule has 2 rings (SSSR count). The predicted molar refractivity (Wildman–Crippen MR) is 67.7 cm³/mol. The maximum absolute atomic E-state index is 9.08. The maximum Gasteiger partial charge on any atom is 0.228 e. The minimum Gasteiger partial charge on any atom is -0.495 e. The molecule has 0 saturated heterocycles. The summed E-state index contributed by atoms with van der Waals surface area (Å²) in [6, 6.07) is 10.6. The summed E-state index contributed by atoms with van der Waals surface area (Å²) in [7, 11) is 1.51. The Bertz CT molecular complexity index is 684. The fourth-order valence-corrected chi connectivity index (χ4v) is 1.52. The third-order valence-electron chi connectivity index (χ3n) is 2.37. The molecule has 1 aromatic carbocycles. The highest BCUT2D eigenvalue weighted by Crippen LogP contribution is 2.29. The second-order valence-corrected chi connectivity index (χ2v) is 3.50. The highest BCUT2D eigenvalue weighted by Gasteiger charge is 2.10. The Morgan fingerprint density at radius 1 is 1.21 bits per heavy atom. The van der Waals surface area contributed by atoms with Crippen LogP contribution in [0.25, 0.3) is 0 Å². The van der Waals surface area contributed by atoms with E-state index in [2.05, 4.69) is 21.4 Å². The van der Waals surface area contributed by atoms with Gasteiger partial charge in [-0.3, -0.25) is 0 Å². The molecule has 1 N–H and O–H groups in total. The Morgan fingerprint density at radius 3 is 2.74 bits per heavy atom. The number of nitriles is 2. The van der Waals surface area contributed by atoms with Crippen LogP contribution < -0.4 is 10.1 Å². The molecule has 0 aliphatic carbocycles. The zero-order valence-electron chi connectivity index (χ0n) is 10.1. The van der Waals surface area contributed by atoms with Crippen LogP contribution in [0.3, 0.4) is 0 Å². The van der Waals surface area contributed by atoms with Crippen LogP contribution in [0.15, 0.2) is 30.5 Å². The number of anilines is 2. The fourth-order valence-electron chi connectivity index (χ4n) is 1.52. The summed E-state index contributed by atoms with van der Waals surface area (Å²) < 4.78 is 5.18. The van der Waals surface area contributed by atoms with Gasteiger partial charge in [-0.15, -0.1) is 0 Å². The number of hydrogen-bond acceptors (Lipinski definition) is 6. The van der Waals surface area contributed by atoms with Crippen LogP contribution in [0.2, 0.25) is 0 Å². The van der Waals surface area contributed by atoms with Crippen LogP contribution in [0.1, 0.15) is 11.3 Å². The first kappa shape index (κ1) is 12.3. The van der Waals surface area contributed by atoms with E-state index in [0.29, 0.717) is 17.0 Å². The molecule has 19 heavy (non-hydrogen) atoms. The lowest BCUT2D eigenvalue weighted by Gasteiger charge is -2.11. The van der Waals surface area contributed by atoms with Gasteiger partial charge in [-0.1, -0.05) is 6.07 Å². The van der Waals surface area contributed by atoms with Gasteiger partial charge in [0.2, 0.25) is 5.95 Å². The van der Waals surface area contributed by atoms with E-state index in [-0.39, 0.29) is 11.6 Å². The van der Waals surface area contributed by atoms with Gasteiger partial charge < -0.3 is 10.1 Å². The summed E-state index contributed by atoms with van der Waals surface area (Å²) in [5, 5.41) is 20.8. The van der Waals surface area contributed by atoms with Crippen LogP contribution in [0.4, 0.5) is 11.6 Å². The van der Waals surface area contributed by atoms with Crippen molar-refractivity contribution >= 4 is 11.6 Å². The number of nitrogens with zero attached hydrogens (tertiary/aromatic N) is 4. The number of benzene rings is 1. The molecule has 0 aliphatic heterocycles. The van der Waals surface area contributed by atoms with Crippen LogP contribution in [0, 0.1) is 22.7 Å². The summed E-state index contributed by atoms with van der Waals surface area (Å²) in [6.07, 6.45) is 1.47. The average Bonchev–Trinajstić information content (AvgIpc) is 2.47. The zero-order chi connectivity index (χ0) is 13.7. The van der Waals surface area contributed by atoms with E-state index < -0.39 is 0 Å². The van der Waals surface area contributed by atoms with Crippen molar-refractivity contribution in [2.45, 2.75) is 0 Å². The topological polar surface area (TPSA) is 94.6 Å². The molecular formula is C13H9N5O. The Labute approximate surface area is 109 Å². The highest BCUT2D eigenvalue weighted by atomic mass is 16.5. The van der Waals surface area contributed by atoms with Crippen molar-refractivity contribution in [3.63, 3.8) is 0 Å². The SMILES string of the molecule is COc1cccc(C#N)c1Nc1nccc(C#N)n1. The molecule has 0 fully saturated rings. The van der Waals surface area contributed by atoms with E-state index in [4.69, 9.17) is 15.3 Å². The number of methoxy groups -OCH3 is 1. The quantitative estimate of drug-likeness (QED) is 0.896. The average molecular weight is 251 g/mol. The molecule has 1 aromatic heterocycles. The Morgan fingerprint density at radius 2 is 2.05 bits per heavy atom. The molecule has 0 spiro atoms. The number of ether oxygens (including phenoxy) is 1. The predicted octanol–water partition coefficient (Wildman–Crippen LogP) is 1.97. The Hall–Kier alpha value is -3.12. The van der Waals surface area contributed by atoms with E-state index >= 15 is 0 Å². The van der Waals surface area contributed by atoms with Gasteiger partial charge in [-0.25, -0.2) is 9.97 Å². The normalized spacial score (nSPS) is 9.21. The van der Waals surface area contributed by atoms with Gasteiger partial charge in [0.25, 0.3) is 0 Å². The largest absolute Gasteiger partial charge is 0.495 e. The van der Waals surface area contributed by atoms with Crippen LogP contribution in [-0.4, -0.2) is 17.1 Å². The Balaban J connectivity index is 2.43. The van der Waals surface area contributed by atoms with E-state index in [0.717, 1.165) is 0 Å². The first-order valence-corrected chi connectivity index (χ1v) is 5.35. The first-order chi connectivity index (χ1) is 9.28. The first-order valence-electron chi connectivity index (χ1n) is 5.35. The van der Waals surface area contributed by atoms with Crippen LogP contribution in [-0.2, 0) is 0 Å². The van der Waals surface area contributed by atoms with E-state index in [1.54, 1.807) is 18.2 Å². The lowest BCUT2D eigenvalue weighted by molar-refractivity contribution is 0.416. The summed E-state index contributed by atoms with van der Waals surface area (Å²) in [5.74, 6) is 0.741. The van der Waals surface area contributed by atoms with Gasteiger partial charge in [-0.05, 0) is 18.2 Å². The van der Waals surface area contributed by atoms with Crippen molar-refractivity contribution < 1.29 is 4.74 Å². The summed E-state index contributed by atoms with van der Waals surface area (Å²) in [4.78, 5) is 7.98. The third-order valence-corrected chi connectivity index (χ3v) is 2.37.